The maximum atomic E-state index is 12.9. The van der Waals surface area contributed by atoms with Gasteiger partial charge in [0.25, 0.3) is 6.01 Å². The molecule has 2 aromatic rings. The average molecular weight is 377 g/mol. The SMILES string of the molecule is NC1CCCCN(C(=O)C2CCN(c3nc4ccc(Cl)cc4o3)CC2)C1. The highest BCUT2D eigenvalue weighted by Crippen LogP contribution is 2.29. The summed E-state index contributed by atoms with van der Waals surface area (Å²) in [6.45, 7) is 3.09. The lowest BCUT2D eigenvalue weighted by molar-refractivity contribution is -0.136. The van der Waals surface area contributed by atoms with Crippen LogP contribution >= 0.6 is 11.6 Å². The minimum Gasteiger partial charge on any atom is -0.423 e. The predicted octanol–water partition coefficient (Wildman–Crippen LogP) is 3.04. The van der Waals surface area contributed by atoms with Gasteiger partial charge in [0.15, 0.2) is 5.58 Å². The molecule has 1 atom stereocenters. The largest absolute Gasteiger partial charge is 0.423 e. The molecule has 3 heterocycles. The van der Waals surface area contributed by atoms with E-state index in [2.05, 4.69) is 9.88 Å². The number of piperidine rings is 1. The molecule has 0 aliphatic carbocycles. The second-order valence-electron chi connectivity index (χ2n) is 7.41. The van der Waals surface area contributed by atoms with Gasteiger partial charge in [0.05, 0.1) is 0 Å². The minimum absolute atomic E-state index is 0.0790. The minimum atomic E-state index is 0.0790. The highest BCUT2D eigenvalue weighted by molar-refractivity contribution is 6.31. The zero-order chi connectivity index (χ0) is 18.1. The number of hydrogen-bond donors (Lipinski definition) is 1. The lowest BCUT2D eigenvalue weighted by Crippen LogP contribution is -2.46. The number of nitrogens with zero attached hydrogens (tertiary/aromatic N) is 3. The van der Waals surface area contributed by atoms with Gasteiger partial charge in [-0.3, -0.25) is 4.79 Å². The molecule has 0 bridgehead atoms. The molecule has 0 radical (unpaired) electrons. The van der Waals surface area contributed by atoms with Gasteiger partial charge in [0.1, 0.15) is 5.52 Å². The van der Waals surface area contributed by atoms with E-state index in [9.17, 15) is 4.79 Å². The summed E-state index contributed by atoms with van der Waals surface area (Å²) in [6, 6.07) is 6.20. The van der Waals surface area contributed by atoms with Crippen molar-refractivity contribution in [1.82, 2.24) is 9.88 Å². The topological polar surface area (TPSA) is 75.6 Å². The van der Waals surface area contributed by atoms with Crippen molar-refractivity contribution < 1.29 is 9.21 Å². The third-order valence-corrected chi connectivity index (χ3v) is 5.71. The predicted molar refractivity (Wildman–Crippen MR) is 102 cm³/mol. The summed E-state index contributed by atoms with van der Waals surface area (Å²) in [7, 11) is 0. The van der Waals surface area contributed by atoms with Crippen LogP contribution in [0.25, 0.3) is 11.1 Å². The van der Waals surface area contributed by atoms with E-state index >= 15 is 0 Å². The maximum Gasteiger partial charge on any atom is 0.298 e. The fraction of sp³-hybridized carbons (Fsp3) is 0.579. The number of aromatic nitrogens is 1. The number of nitrogens with two attached hydrogens (primary N) is 1. The Bertz CT molecular complexity index is 785. The van der Waals surface area contributed by atoms with Gasteiger partial charge in [-0.2, -0.15) is 4.98 Å². The lowest BCUT2D eigenvalue weighted by Gasteiger charge is -2.33. The van der Waals surface area contributed by atoms with Crippen LogP contribution in [0.1, 0.15) is 32.1 Å². The summed E-state index contributed by atoms with van der Waals surface area (Å²) in [4.78, 5) is 21.5. The van der Waals surface area contributed by atoms with Crippen molar-refractivity contribution in [3.05, 3.63) is 23.2 Å². The van der Waals surface area contributed by atoms with Crippen molar-refractivity contribution in [1.29, 1.82) is 0 Å². The van der Waals surface area contributed by atoms with E-state index in [-0.39, 0.29) is 17.9 Å². The maximum absolute atomic E-state index is 12.9. The third kappa shape index (κ3) is 3.67. The Labute approximate surface area is 158 Å². The van der Waals surface area contributed by atoms with Crippen molar-refractivity contribution in [3.63, 3.8) is 0 Å². The smallest absolute Gasteiger partial charge is 0.298 e. The Morgan fingerprint density at radius 2 is 2.00 bits per heavy atom. The Morgan fingerprint density at radius 3 is 2.81 bits per heavy atom. The molecule has 2 fully saturated rings. The van der Waals surface area contributed by atoms with Crippen LogP contribution in [0.3, 0.4) is 0 Å². The van der Waals surface area contributed by atoms with E-state index in [0.717, 1.165) is 57.3 Å². The van der Waals surface area contributed by atoms with Gasteiger partial charge in [-0.05, 0) is 37.8 Å². The van der Waals surface area contributed by atoms with E-state index in [1.807, 2.05) is 17.0 Å². The molecule has 6 nitrogen and oxygen atoms in total. The number of oxazole rings is 1. The highest BCUT2D eigenvalue weighted by atomic mass is 35.5. The first-order chi connectivity index (χ1) is 12.6. The molecule has 1 aromatic heterocycles. The van der Waals surface area contributed by atoms with Crippen LogP contribution in [-0.2, 0) is 4.79 Å². The van der Waals surface area contributed by atoms with Gasteiger partial charge >= 0.3 is 0 Å². The van der Waals surface area contributed by atoms with Crippen LogP contribution < -0.4 is 10.6 Å². The molecule has 2 aliphatic heterocycles. The standard InChI is InChI=1S/C19H25ClN4O2/c20-14-4-5-16-17(11-14)26-19(22-16)23-9-6-13(7-10-23)18(25)24-8-2-1-3-15(21)12-24/h4-5,11,13,15H,1-3,6-10,12,21H2. The molecule has 4 rings (SSSR count). The van der Waals surface area contributed by atoms with Gasteiger partial charge in [-0.25, -0.2) is 0 Å². The molecule has 0 spiro atoms. The first-order valence-corrected chi connectivity index (χ1v) is 9.83. The number of halogens is 1. The molecule has 0 saturated carbocycles. The van der Waals surface area contributed by atoms with E-state index < -0.39 is 0 Å². The van der Waals surface area contributed by atoms with Crippen molar-refractivity contribution in [2.45, 2.75) is 38.1 Å². The lowest BCUT2D eigenvalue weighted by atomic mass is 9.95. The van der Waals surface area contributed by atoms with Gasteiger partial charge in [0.2, 0.25) is 5.91 Å². The molecular weight excluding hydrogens is 352 g/mol. The molecule has 7 heteroatoms. The first-order valence-electron chi connectivity index (χ1n) is 9.45. The van der Waals surface area contributed by atoms with Crippen LogP contribution in [0.5, 0.6) is 0 Å². The second-order valence-corrected chi connectivity index (χ2v) is 7.85. The highest BCUT2D eigenvalue weighted by Gasteiger charge is 2.31. The summed E-state index contributed by atoms with van der Waals surface area (Å²) >= 11 is 6.01. The van der Waals surface area contributed by atoms with Gasteiger partial charge in [0, 0.05) is 49.2 Å². The molecule has 26 heavy (non-hydrogen) atoms. The monoisotopic (exact) mass is 376 g/mol. The number of carbonyl (C=O) groups excluding carboxylic acids is 1. The summed E-state index contributed by atoms with van der Waals surface area (Å²) in [5, 5.41) is 0.639. The van der Waals surface area contributed by atoms with Crippen LogP contribution in [0.4, 0.5) is 6.01 Å². The molecule has 1 unspecified atom stereocenters. The number of fused-ring (bicyclic) bond motifs is 1. The zero-order valence-corrected chi connectivity index (χ0v) is 15.6. The summed E-state index contributed by atoms with van der Waals surface area (Å²) < 4.78 is 5.85. The van der Waals surface area contributed by atoms with E-state index in [0.29, 0.717) is 23.2 Å². The number of amides is 1. The molecule has 1 aromatic carbocycles. The van der Waals surface area contributed by atoms with E-state index in [1.54, 1.807) is 6.07 Å². The van der Waals surface area contributed by atoms with Gasteiger partial charge in [-0.15, -0.1) is 0 Å². The van der Waals surface area contributed by atoms with Crippen LogP contribution in [0.15, 0.2) is 22.6 Å². The van der Waals surface area contributed by atoms with Gasteiger partial charge < -0.3 is 20.0 Å². The molecule has 2 saturated heterocycles. The fourth-order valence-electron chi connectivity index (χ4n) is 3.97. The molecule has 2 N–H and O–H groups in total. The van der Waals surface area contributed by atoms with Crippen LogP contribution in [-0.4, -0.2) is 48.0 Å². The summed E-state index contributed by atoms with van der Waals surface area (Å²) in [5.74, 6) is 0.349. The Hall–Kier alpha value is -1.79. The Kier molecular flexibility index (Phi) is 5.05. The fourth-order valence-corrected chi connectivity index (χ4v) is 4.13. The summed E-state index contributed by atoms with van der Waals surface area (Å²) in [5.41, 5.74) is 7.61. The second kappa shape index (κ2) is 7.45. The van der Waals surface area contributed by atoms with E-state index in [1.165, 1.54) is 0 Å². The number of likely N-dealkylation sites (tertiary alicyclic amines) is 1. The number of anilines is 1. The van der Waals surface area contributed by atoms with Crippen molar-refractivity contribution >= 4 is 34.6 Å². The number of rotatable bonds is 2. The Morgan fingerprint density at radius 1 is 1.19 bits per heavy atom. The van der Waals surface area contributed by atoms with Crippen LogP contribution in [0, 0.1) is 5.92 Å². The van der Waals surface area contributed by atoms with Crippen LogP contribution in [0.2, 0.25) is 5.02 Å². The average Bonchev–Trinajstić information content (AvgIpc) is 2.94. The zero-order valence-electron chi connectivity index (χ0n) is 14.9. The van der Waals surface area contributed by atoms with E-state index in [4.69, 9.17) is 21.8 Å². The van der Waals surface area contributed by atoms with Crippen molar-refractivity contribution in [2.75, 3.05) is 31.1 Å². The third-order valence-electron chi connectivity index (χ3n) is 5.47. The van der Waals surface area contributed by atoms with Crippen molar-refractivity contribution in [3.8, 4) is 0 Å². The number of benzene rings is 1. The van der Waals surface area contributed by atoms with Gasteiger partial charge in [-0.1, -0.05) is 18.0 Å². The quantitative estimate of drug-likeness (QED) is 0.871. The molecule has 140 valence electrons. The number of carbonyl (C=O) groups is 1. The first kappa shape index (κ1) is 17.6. The molecular formula is C19H25ClN4O2. The number of hydrogen-bond acceptors (Lipinski definition) is 5. The summed E-state index contributed by atoms with van der Waals surface area (Å²) in [6.07, 6.45) is 4.84. The van der Waals surface area contributed by atoms with Crippen molar-refractivity contribution in [2.24, 2.45) is 11.7 Å². The Balaban J connectivity index is 1.39. The molecule has 2 aliphatic rings. The normalized spacial score (nSPS) is 22.6. The molecule has 1 amide bonds.